The molecule has 1 heterocycles. The number of aliphatic imine (C=N–C) groups is 1. The van der Waals surface area contributed by atoms with E-state index in [1.807, 2.05) is 24.4 Å². The summed E-state index contributed by atoms with van der Waals surface area (Å²) in [6.45, 7) is 5.09. The second kappa shape index (κ2) is 20.3. The molecule has 32 heavy (non-hydrogen) atoms. The fraction of sp³-hybridized carbons (Fsp3) is 0.263. The minimum absolute atomic E-state index is 0. The first-order valence-corrected chi connectivity index (χ1v) is 8.00. The van der Waals surface area contributed by atoms with Gasteiger partial charge in [0.2, 0.25) is 0 Å². The van der Waals surface area contributed by atoms with Crippen LogP contribution < -0.4 is 40.0 Å². The van der Waals surface area contributed by atoms with Crippen molar-refractivity contribution in [2.24, 2.45) is 4.99 Å². The van der Waals surface area contributed by atoms with Crippen molar-refractivity contribution >= 4 is 27.8 Å². The van der Waals surface area contributed by atoms with Gasteiger partial charge in [0.25, 0.3) is 5.09 Å². The molecule has 0 aliphatic heterocycles. The molecule has 0 atom stereocenters. The van der Waals surface area contributed by atoms with E-state index in [0.717, 1.165) is 12.6 Å². The molecule has 0 bridgehead atoms. The molecule has 3 rings (SSSR count). The first kappa shape index (κ1) is 39.9. The van der Waals surface area contributed by atoms with Crippen molar-refractivity contribution in [1.29, 1.82) is 0 Å². The van der Waals surface area contributed by atoms with Gasteiger partial charge in [0, 0.05) is 17.0 Å². The molecule has 0 aliphatic carbocycles. The van der Waals surface area contributed by atoms with Gasteiger partial charge in [-0.1, -0.05) is 42.5 Å². The third-order valence-electron chi connectivity index (χ3n) is 2.92. The normalized spacial score (nSPS) is 8.41. The summed E-state index contributed by atoms with van der Waals surface area (Å²) in [4.78, 5) is 16.0. The summed E-state index contributed by atoms with van der Waals surface area (Å²) in [6, 6.07) is 16.6. The number of hydrogen-bond acceptors (Lipinski definition) is 9. The maximum absolute atomic E-state index is 9.74. The molecule has 11 nitrogen and oxygen atoms in total. The van der Waals surface area contributed by atoms with Crippen molar-refractivity contribution in [1.82, 2.24) is 17.3 Å². The Morgan fingerprint density at radius 3 is 1.78 bits per heavy atom. The first-order valence-electron chi connectivity index (χ1n) is 8.00. The Morgan fingerprint density at radius 2 is 1.38 bits per heavy atom. The van der Waals surface area contributed by atoms with Gasteiger partial charge in [-0.05, 0) is 32.2 Å². The van der Waals surface area contributed by atoms with Gasteiger partial charge in [0.1, 0.15) is 0 Å². The largest absolute Gasteiger partial charge is 4.00 e. The molecule has 0 radical (unpaired) electrons. The molecule has 0 unspecified atom stereocenters. The van der Waals surface area contributed by atoms with E-state index in [2.05, 4.69) is 40.3 Å². The molecular weight excluding hydrogens is 625 g/mol. The van der Waals surface area contributed by atoms with Crippen LogP contribution in [0.15, 0.2) is 59.7 Å². The van der Waals surface area contributed by atoms with Crippen LogP contribution >= 0.6 is 0 Å². The second-order valence-corrected chi connectivity index (χ2v) is 6.15. The van der Waals surface area contributed by atoms with Crippen LogP contribution in [0.4, 0.5) is 0 Å². The minimum atomic E-state index is -1.50. The number of benzene rings is 2. The number of pyridine rings is 1. The van der Waals surface area contributed by atoms with Crippen LogP contribution in [0.3, 0.4) is 0 Å². The topological polar surface area (TPSA) is 228 Å². The van der Waals surface area contributed by atoms with Crippen molar-refractivity contribution in [2.45, 2.75) is 26.3 Å². The summed E-state index contributed by atoms with van der Waals surface area (Å²) in [5, 5.41) is 45.1. The fourth-order valence-electron chi connectivity index (χ4n) is 2.08. The second-order valence-electron chi connectivity index (χ2n) is 6.15. The van der Waals surface area contributed by atoms with Crippen molar-refractivity contribution in [3.05, 3.63) is 64.8 Å². The number of hydrogen-bond donors (Lipinski definition) is 3. The summed E-state index contributed by atoms with van der Waals surface area (Å²) in [5.74, 6) is 0. The Hall–Kier alpha value is -2.56. The summed E-state index contributed by atoms with van der Waals surface area (Å²) < 4.78 is 0. The van der Waals surface area contributed by atoms with Crippen LogP contribution in [0.25, 0.3) is 21.7 Å². The van der Waals surface area contributed by atoms with Crippen molar-refractivity contribution in [3.63, 3.8) is 0 Å². The van der Waals surface area contributed by atoms with Gasteiger partial charge in [-0.3, -0.25) is 4.98 Å². The molecule has 182 valence electrons. The molecule has 0 aliphatic rings. The molecular formula is C19H28ClN5O6Pt. The van der Waals surface area contributed by atoms with E-state index in [0.29, 0.717) is 0 Å². The van der Waals surface area contributed by atoms with Gasteiger partial charge in [0.15, 0.2) is 0 Å². The summed E-state index contributed by atoms with van der Waals surface area (Å²) >= 11 is 0. The average Bonchev–Trinajstić information content (AvgIpc) is 2.61. The quantitative estimate of drug-likeness (QED) is 0.0817. The molecule has 0 saturated carbocycles. The van der Waals surface area contributed by atoms with E-state index in [1.165, 1.54) is 16.2 Å². The zero-order valence-electron chi connectivity index (χ0n) is 18.1. The smallest absolute Gasteiger partial charge is 1.00 e. The molecule has 7 N–H and O–H groups in total. The number of rotatable bonds is 0. The average molecular weight is 653 g/mol. The molecule has 0 saturated heterocycles. The number of aromatic nitrogens is 1. The van der Waals surface area contributed by atoms with Crippen LogP contribution in [0.1, 0.15) is 20.8 Å². The zero-order chi connectivity index (χ0) is 21.7. The Morgan fingerprint density at radius 1 is 0.969 bits per heavy atom. The molecule has 0 amide bonds. The molecule has 3 aromatic rings. The Balaban J connectivity index is -0.000000119. The van der Waals surface area contributed by atoms with E-state index in [9.17, 15) is 10.2 Å². The number of fused-ring (bicyclic) bond motifs is 3. The Kier molecular flexibility index (Phi) is 25.3. The summed E-state index contributed by atoms with van der Waals surface area (Å²) in [5.41, 5.74) is 0.546. The maximum Gasteiger partial charge on any atom is 4.00 e. The Bertz CT molecular complexity index is 862. The first-order chi connectivity index (χ1) is 13.1. The standard InChI is InChI=1S/C13H9N.C5H11NO2.CH3O.ClH.HNO3.2H3N.Pt/c1-2-6-11-10(5-1)9-14-13-8-4-3-7-12(11)13;1-5(2,3)6-4(7)8;1-2;;2-1(3)4;;;/h1-9H;1-3H3,(H2,6,7,8);1H3;1H;(H,2,3,4);2*1H3;/q;;-1;;;;;+4/p-3. The maximum atomic E-state index is 9.74. The summed E-state index contributed by atoms with van der Waals surface area (Å²) in [7, 11) is 0.750. The number of para-hydroxylation sites is 1. The molecule has 2 aromatic carbocycles. The number of nitrogens with zero attached hydrogens (tertiary/aromatic N) is 3. The molecule has 0 fully saturated rings. The molecule has 13 heteroatoms. The number of halogens is 1. The van der Waals surface area contributed by atoms with E-state index < -0.39 is 16.7 Å². The minimum Gasteiger partial charge on any atom is -1.00 e. The fourth-order valence-corrected chi connectivity index (χ4v) is 2.08. The van der Waals surface area contributed by atoms with Crippen LogP contribution in [-0.4, -0.2) is 34.0 Å². The third kappa shape index (κ3) is 17.2. The van der Waals surface area contributed by atoms with Gasteiger partial charge in [0.05, 0.1) is 11.1 Å². The van der Waals surface area contributed by atoms with E-state index >= 15 is 0 Å². The predicted octanol–water partition coefficient (Wildman–Crippen LogP) is -1.80. The zero-order valence-corrected chi connectivity index (χ0v) is 21.2. The van der Waals surface area contributed by atoms with E-state index in [1.54, 1.807) is 20.8 Å². The van der Waals surface area contributed by atoms with Crippen LogP contribution in [-0.2, 0) is 21.1 Å². The van der Waals surface area contributed by atoms with Gasteiger partial charge >= 0.3 is 21.1 Å². The van der Waals surface area contributed by atoms with Crippen LogP contribution in [0.2, 0.25) is 0 Å². The van der Waals surface area contributed by atoms with Gasteiger partial charge < -0.3 is 50.2 Å². The monoisotopic (exact) mass is 652 g/mol. The third-order valence-corrected chi connectivity index (χ3v) is 2.92. The predicted molar refractivity (Wildman–Crippen MR) is 111 cm³/mol. The van der Waals surface area contributed by atoms with Gasteiger partial charge in [-0.2, -0.15) is 7.11 Å². The Labute approximate surface area is 207 Å². The van der Waals surface area contributed by atoms with Gasteiger partial charge in [-0.15, -0.1) is 16.2 Å². The van der Waals surface area contributed by atoms with E-state index in [4.69, 9.17) is 20.4 Å². The van der Waals surface area contributed by atoms with Crippen molar-refractivity contribution < 1.29 is 59.1 Å². The molecule has 1 aromatic heterocycles. The molecule has 0 spiro atoms. The van der Waals surface area contributed by atoms with Crippen molar-refractivity contribution in [2.75, 3.05) is 7.11 Å². The van der Waals surface area contributed by atoms with Crippen LogP contribution in [0, 0.1) is 10.1 Å². The summed E-state index contributed by atoms with van der Waals surface area (Å²) in [6.07, 6.45) is 0.579. The van der Waals surface area contributed by atoms with Gasteiger partial charge in [-0.25, -0.2) is 0 Å². The van der Waals surface area contributed by atoms with Crippen molar-refractivity contribution in [3.8, 4) is 0 Å². The SMILES string of the molecule is CC(C)(C)N=C([O-])[O-].C[O-].N.N.O=[N+]([O-])O.[Cl-].[Pt+4].c1ccc2c(c1)cnc1ccccc12. The van der Waals surface area contributed by atoms with E-state index in [-0.39, 0.29) is 45.8 Å². The van der Waals surface area contributed by atoms with Crippen LogP contribution in [0.5, 0.6) is 0 Å².